The normalized spacial score (nSPS) is 18.4. The molecule has 3 amide bonds. The van der Waals surface area contributed by atoms with Crippen molar-refractivity contribution in [3.8, 4) is 0 Å². The van der Waals surface area contributed by atoms with Gasteiger partial charge in [0.15, 0.2) is 0 Å². The fraction of sp³-hybridized carbons (Fsp3) is 0.615. The van der Waals surface area contributed by atoms with Gasteiger partial charge < -0.3 is 20.5 Å². The van der Waals surface area contributed by atoms with E-state index in [1.165, 1.54) is 0 Å². The van der Waals surface area contributed by atoms with Gasteiger partial charge >= 0.3 is 0 Å². The number of amides is 3. The van der Waals surface area contributed by atoms with Crippen LogP contribution >= 0.6 is 0 Å². The fourth-order valence-electron chi connectivity index (χ4n) is 4.28. The van der Waals surface area contributed by atoms with Crippen molar-refractivity contribution in [1.29, 1.82) is 0 Å². The third-order valence-electron chi connectivity index (χ3n) is 6.43. The molecule has 1 saturated heterocycles. The van der Waals surface area contributed by atoms with Crippen molar-refractivity contribution in [2.24, 2.45) is 5.41 Å². The quantitative estimate of drug-likeness (QED) is 0.546. The van der Waals surface area contributed by atoms with Gasteiger partial charge in [-0.25, -0.2) is 4.98 Å². The molecule has 2 heterocycles. The van der Waals surface area contributed by atoms with Crippen molar-refractivity contribution >= 4 is 28.8 Å². The van der Waals surface area contributed by atoms with Crippen LogP contribution < -0.4 is 10.6 Å². The summed E-state index contributed by atoms with van der Waals surface area (Å²) in [6.07, 6.45) is 3.98. The number of hydrogen-bond acceptors (Lipinski definition) is 4. The van der Waals surface area contributed by atoms with Crippen LogP contribution in [0.15, 0.2) is 24.3 Å². The lowest BCUT2D eigenvalue weighted by Gasteiger charge is -2.34. The Morgan fingerprint density at radius 3 is 2.59 bits per heavy atom. The standard InChI is InChI=1S/C26H39N5O3/c1-17-10-8-9-15-31(17)23(33)16-21(28-22(32)13-14-26(3,4)5)25(34)27-18(2)24-29-19-11-6-7-12-20(19)30-24/h6-7,11-12,17-18,21H,8-10,13-16H2,1-5H3,(H,27,34)(H,28,32)(H,29,30)/t17-,18?,21?/m0/s1. The lowest BCUT2D eigenvalue weighted by molar-refractivity contribution is -0.138. The van der Waals surface area contributed by atoms with E-state index < -0.39 is 12.1 Å². The zero-order valence-corrected chi connectivity index (χ0v) is 21.1. The highest BCUT2D eigenvalue weighted by atomic mass is 16.2. The van der Waals surface area contributed by atoms with Crippen molar-refractivity contribution in [3.05, 3.63) is 30.1 Å². The number of aromatic amines is 1. The molecular formula is C26H39N5O3. The molecule has 186 valence electrons. The summed E-state index contributed by atoms with van der Waals surface area (Å²) in [6.45, 7) is 10.8. The van der Waals surface area contributed by atoms with Crippen LogP contribution in [0.2, 0.25) is 0 Å². The first-order valence-corrected chi connectivity index (χ1v) is 12.4. The first-order valence-electron chi connectivity index (χ1n) is 12.4. The Morgan fingerprint density at radius 2 is 1.91 bits per heavy atom. The number of H-pyrrole nitrogens is 1. The van der Waals surface area contributed by atoms with Gasteiger partial charge in [-0.2, -0.15) is 0 Å². The Bertz CT molecular complexity index is 976. The summed E-state index contributed by atoms with van der Waals surface area (Å²) >= 11 is 0. The lowest BCUT2D eigenvalue weighted by atomic mass is 9.90. The monoisotopic (exact) mass is 469 g/mol. The summed E-state index contributed by atoms with van der Waals surface area (Å²) in [7, 11) is 0. The van der Waals surface area contributed by atoms with E-state index in [9.17, 15) is 14.4 Å². The maximum atomic E-state index is 13.2. The first kappa shape index (κ1) is 25.7. The Morgan fingerprint density at radius 1 is 1.18 bits per heavy atom. The van der Waals surface area contributed by atoms with Gasteiger partial charge in [0.05, 0.1) is 23.5 Å². The number of para-hydroxylation sites is 2. The number of aromatic nitrogens is 2. The van der Waals surface area contributed by atoms with Crippen molar-refractivity contribution in [2.45, 2.75) is 91.3 Å². The highest BCUT2D eigenvalue weighted by molar-refractivity contribution is 5.92. The molecule has 0 radical (unpaired) electrons. The average Bonchev–Trinajstić information content (AvgIpc) is 3.21. The average molecular weight is 470 g/mol. The van der Waals surface area contributed by atoms with E-state index in [2.05, 4.69) is 41.4 Å². The Hall–Kier alpha value is -2.90. The number of carbonyl (C=O) groups is 3. The predicted octanol–water partition coefficient (Wildman–Crippen LogP) is 3.84. The second-order valence-electron chi connectivity index (χ2n) is 10.7. The summed E-state index contributed by atoms with van der Waals surface area (Å²) in [4.78, 5) is 48.6. The van der Waals surface area contributed by atoms with E-state index in [1.807, 2.05) is 43.0 Å². The molecule has 2 unspecified atom stereocenters. The lowest BCUT2D eigenvalue weighted by Crippen LogP contribution is -2.51. The van der Waals surface area contributed by atoms with E-state index >= 15 is 0 Å². The molecule has 1 fully saturated rings. The zero-order chi connectivity index (χ0) is 24.9. The van der Waals surface area contributed by atoms with Crippen LogP contribution in [0.1, 0.15) is 85.0 Å². The van der Waals surface area contributed by atoms with Crippen molar-refractivity contribution < 1.29 is 14.4 Å². The van der Waals surface area contributed by atoms with Gasteiger partial charge in [-0.15, -0.1) is 0 Å². The summed E-state index contributed by atoms with van der Waals surface area (Å²) in [6, 6.07) is 6.48. The Labute approximate surface area is 202 Å². The topological polar surface area (TPSA) is 107 Å². The van der Waals surface area contributed by atoms with Crippen LogP contribution in [0.5, 0.6) is 0 Å². The number of likely N-dealkylation sites (tertiary alicyclic amines) is 1. The smallest absolute Gasteiger partial charge is 0.243 e. The minimum Gasteiger partial charge on any atom is -0.345 e. The molecule has 3 atom stereocenters. The molecule has 0 spiro atoms. The largest absolute Gasteiger partial charge is 0.345 e. The van der Waals surface area contributed by atoms with Crippen molar-refractivity contribution in [2.75, 3.05) is 6.54 Å². The number of nitrogens with zero attached hydrogens (tertiary/aromatic N) is 2. The maximum Gasteiger partial charge on any atom is 0.243 e. The third kappa shape index (κ3) is 7.05. The molecule has 2 aromatic rings. The van der Waals surface area contributed by atoms with Gasteiger partial charge in [0.2, 0.25) is 17.7 Å². The second kappa shape index (κ2) is 11.0. The van der Waals surface area contributed by atoms with Gasteiger partial charge in [-0.1, -0.05) is 32.9 Å². The molecular weight excluding hydrogens is 430 g/mol. The van der Waals surface area contributed by atoms with Crippen LogP contribution in [-0.2, 0) is 14.4 Å². The number of carbonyl (C=O) groups excluding carboxylic acids is 3. The Balaban J connectivity index is 1.70. The molecule has 0 aliphatic carbocycles. The number of hydrogen-bond donors (Lipinski definition) is 3. The number of nitrogens with one attached hydrogen (secondary N) is 3. The summed E-state index contributed by atoms with van der Waals surface area (Å²) in [5, 5.41) is 5.76. The molecule has 1 aromatic carbocycles. The number of benzene rings is 1. The second-order valence-corrected chi connectivity index (χ2v) is 10.7. The minimum absolute atomic E-state index is 0.00392. The molecule has 3 rings (SSSR count). The van der Waals surface area contributed by atoms with Crippen LogP contribution in [-0.4, -0.2) is 51.2 Å². The third-order valence-corrected chi connectivity index (χ3v) is 6.43. The SMILES string of the molecule is CC(NC(=O)C(CC(=O)N1CCCC[C@@H]1C)NC(=O)CCC(C)(C)C)c1nc2ccccc2[nH]1. The van der Waals surface area contributed by atoms with Gasteiger partial charge in [0.25, 0.3) is 0 Å². The van der Waals surface area contributed by atoms with Crippen LogP contribution in [0, 0.1) is 5.41 Å². The van der Waals surface area contributed by atoms with Crippen LogP contribution in [0.3, 0.4) is 0 Å². The molecule has 3 N–H and O–H groups in total. The van der Waals surface area contributed by atoms with Crippen molar-refractivity contribution in [1.82, 2.24) is 25.5 Å². The maximum absolute atomic E-state index is 13.2. The van der Waals surface area contributed by atoms with Crippen LogP contribution in [0.25, 0.3) is 11.0 Å². The van der Waals surface area contributed by atoms with Crippen LogP contribution in [0.4, 0.5) is 0 Å². The molecule has 1 aliphatic rings. The molecule has 0 bridgehead atoms. The summed E-state index contributed by atoms with van der Waals surface area (Å²) in [5.74, 6) is -0.0655. The highest BCUT2D eigenvalue weighted by Crippen LogP contribution is 2.21. The number of fused-ring (bicyclic) bond motifs is 1. The molecule has 0 saturated carbocycles. The predicted molar refractivity (Wildman–Crippen MR) is 133 cm³/mol. The van der Waals surface area contributed by atoms with E-state index in [1.54, 1.807) is 0 Å². The highest BCUT2D eigenvalue weighted by Gasteiger charge is 2.30. The van der Waals surface area contributed by atoms with Gasteiger partial charge in [-0.05, 0) is 57.1 Å². The fourth-order valence-corrected chi connectivity index (χ4v) is 4.28. The molecule has 1 aromatic heterocycles. The van der Waals surface area contributed by atoms with E-state index in [-0.39, 0.29) is 35.6 Å². The van der Waals surface area contributed by atoms with E-state index in [0.717, 1.165) is 30.3 Å². The van der Waals surface area contributed by atoms with E-state index in [4.69, 9.17) is 0 Å². The molecule has 1 aliphatic heterocycles. The van der Waals surface area contributed by atoms with Crippen molar-refractivity contribution in [3.63, 3.8) is 0 Å². The molecule has 8 heteroatoms. The van der Waals surface area contributed by atoms with Gasteiger partial charge in [0, 0.05) is 19.0 Å². The Kier molecular flexibility index (Phi) is 8.33. The summed E-state index contributed by atoms with van der Waals surface area (Å²) < 4.78 is 0. The number of rotatable bonds is 8. The van der Waals surface area contributed by atoms with E-state index in [0.29, 0.717) is 25.2 Å². The number of piperidine rings is 1. The van der Waals surface area contributed by atoms with Gasteiger partial charge in [-0.3, -0.25) is 14.4 Å². The first-order chi connectivity index (χ1) is 16.0. The minimum atomic E-state index is -0.930. The number of imidazole rings is 1. The molecule has 34 heavy (non-hydrogen) atoms. The zero-order valence-electron chi connectivity index (χ0n) is 21.1. The molecule has 8 nitrogen and oxygen atoms in total. The van der Waals surface area contributed by atoms with Gasteiger partial charge in [0.1, 0.15) is 11.9 Å². The summed E-state index contributed by atoms with van der Waals surface area (Å²) in [5.41, 5.74) is 1.71.